The van der Waals surface area contributed by atoms with Gasteiger partial charge in [0.15, 0.2) is 0 Å². The molecule has 1 fully saturated rings. The first-order valence-corrected chi connectivity index (χ1v) is 5.87. The third kappa shape index (κ3) is 2.28. The molecular formula is C14H21NO. The third-order valence-electron chi connectivity index (χ3n) is 3.32. The van der Waals surface area contributed by atoms with Gasteiger partial charge in [-0.25, -0.2) is 0 Å². The second-order valence-electron chi connectivity index (χ2n) is 5.62. The molecule has 2 rings (SSSR count). The Balaban J connectivity index is 2.18. The Kier molecular flexibility index (Phi) is 2.81. The van der Waals surface area contributed by atoms with Gasteiger partial charge in [0.05, 0.1) is 6.61 Å². The molecule has 1 aromatic rings. The zero-order valence-electron chi connectivity index (χ0n) is 10.6. The third-order valence-corrected chi connectivity index (χ3v) is 3.32. The second-order valence-corrected chi connectivity index (χ2v) is 5.62. The Morgan fingerprint density at radius 1 is 1.12 bits per heavy atom. The molecule has 88 valence electrons. The summed E-state index contributed by atoms with van der Waals surface area (Å²) in [6.45, 7) is 10.2. The van der Waals surface area contributed by atoms with Gasteiger partial charge < -0.3 is 10.1 Å². The highest BCUT2D eigenvalue weighted by Crippen LogP contribution is 2.30. The van der Waals surface area contributed by atoms with Gasteiger partial charge in [-0.15, -0.1) is 0 Å². The molecule has 0 radical (unpaired) electrons. The minimum absolute atomic E-state index is 0.0875. The van der Waals surface area contributed by atoms with Gasteiger partial charge in [-0.2, -0.15) is 0 Å². The van der Waals surface area contributed by atoms with Gasteiger partial charge in [-0.1, -0.05) is 29.8 Å². The summed E-state index contributed by atoms with van der Waals surface area (Å²) in [6.07, 6.45) is 0. The lowest BCUT2D eigenvalue weighted by molar-refractivity contribution is -0.0949. The van der Waals surface area contributed by atoms with Crippen LogP contribution >= 0.6 is 0 Å². The summed E-state index contributed by atoms with van der Waals surface area (Å²) < 4.78 is 6.04. The Bertz CT molecular complexity index is 357. The number of ether oxygens (including phenoxy) is 1. The van der Waals surface area contributed by atoms with Crippen molar-refractivity contribution >= 4 is 0 Å². The molecule has 0 saturated carbocycles. The van der Waals surface area contributed by atoms with Crippen molar-refractivity contribution in [2.75, 3.05) is 13.2 Å². The van der Waals surface area contributed by atoms with Crippen LogP contribution < -0.4 is 5.32 Å². The smallest absolute Gasteiger partial charge is 0.103 e. The van der Waals surface area contributed by atoms with Crippen LogP contribution in [0.2, 0.25) is 0 Å². The van der Waals surface area contributed by atoms with E-state index in [1.807, 2.05) is 0 Å². The number of aryl methyl sites for hydroxylation is 1. The van der Waals surface area contributed by atoms with E-state index in [-0.39, 0.29) is 11.1 Å². The minimum Gasteiger partial charge on any atom is -0.367 e. The highest BCUT2D eigenvalue weighted by molar-refractivity contribution is 5.27. The molecule has 2 nitrogen and oxygen atoms in total. The van der Waals surface area contributed by atoms with E-state index in [4.69, 9.17) is 4.74 Å². The zero-order chi connectivity index (χ0) is 11.8. The van der Waals surface area contributed by atoms with Crippen molar-refractivity contribution in [3.05, 3.63) is 35.4 Å². The summed E-state index contributed by atoms with van der Waals surface area (Å²) in [4.78, 5) is 0. The Morgan fingerprint density at radius 2 is 1.75 bits per heavy atom. The van der Waals surface area contributed by atoms with Crippen LogP contribution in [0.1, 0.15) is 31.9 Å². The molecule has 1 heterocycles. The van der Waals surface area contributed by atoms with Crippen molar-refractivity contribution < 1.29 is 4.74 Å². The summed E-state index contributed by atoms with van der Waals surface area (Å²) in [5.74, 6) is 0. The maximum atomic E-state index is 6.04. The standard InChI is InChI=1S/C14H21NO/c1-11-5-7-12(8-6-11)14(4)9-15-13(2,3)10-16-14/h5-8,15H,9-10H2,1-4H3. The number of hydrogen-bond acceptors (Lipinski definition) is 2. The second kappa shape index (κ2) is 3.86. The lowest BCUT2D eigenvalue weighted by Crippen LogP contribution is -2.56. The molecule has 1 aliphatic rings. The van der Waals surface area contributed by atoms with Gasteiger partial charge in [0, 0.05) is 12.1 Å². The van der Waals surface area contributed by atoms with Gasteiger partial charge in [0.2, 0.25) is 0 Å². The Hall–Kier alpha value is -0.860. The minimum atomic E-state index is -0.191. The fourth-order valence-electron chi connectivity index (χ4n) is 1.94. The van der Waals surface area contributed by atoms with Crippen molar-refractivity contribution in [3.63, 3.8) is 0 Å². The number of hydrogen-bond donors (Lipinski definition) is 1. The van der Waals surface area contributed by atoms with Crippen molar-refractivity contribution in [1.82, 2.24) is 5.32 Å². The lowest BCUT2D eigenvalue weighted by atomic mass is 9.91. The fraction of sp³-hybridized carbons (Fsp3) is 0.571. The molecule has 0 aromatic heterocycles. The maximum absolute atomic E-state index is 6.04. The van der Waals surface area contributed by atoms with E-state index in [1.54, 1.807) is 0 Å². The van der Waals surface area contributed by atoms with Crippen LogP contribution in [0.5, 0.6) is 0 Å². The number of benzene rings is 1. The average Bonchev–Trinajstić information content (AvgIpc) is 2.24. The van der Waals surface area contributed by atoms with Gasteiger partial charge in [-0.05, 0) is 33.3 Å². The monoisotopic (exact) mass is 219 g/mol. The van der Waals surface area contributed by atoms with Crippen molar-refractivity contribution in [2.45, 2.75) is 38.8 Å². The van der Waals surface area contributed by atoms with Crippen LogP contribution in [0.4, 0.5) is 0 Å². The normalized spacial score (nSPS) is 29.0. The molecule has 1 atom stereocenters. The van der Waals surface area contributed by atoms with Crippen LogP contribution in [0.15, 0.2) is 24.3 Å². The fourth-order valence-corrected chi connectivity index (χ4v) is 1.94. The van der Waals surface area contributed by atoms with Gasteiger partial charge >= 0.3 is 0 Å². The van der Waals surface area contributed by atoms with Crippen molar-refractivity contribution in [1.29, 1.82) is 0 Å². The molecule has 0 amide bonds. The van der Waals surface area contributed by atoms with E-state index >= 15 is 0 Å². The number of nitrogens with one attached hydrogen (secondary N) is 1. The molecule has 0 aliphatic carbocycles. The highest BCUT2D eigenvalue weighted by atomic mass is 16.5. The first-order chi connectivity index (χ1) is 7.41. The van der Waals surface area contributed by atoms with Crippen LogP contribution in [0.3, 0.4) is 0 Å². The molecular weight excluding hydrogens is 198 g/mol. The lowest BCUT2D eigenvalue weighted by Gasteiger charge is -2.42. The average molecular weight is 219 g/mol. The first-order valence-electron chi connectivity index (χ1n) is 5.87. The topological polar surface area (TPSA) is 21.3 Å². The Morgan fingerprint density at radius 3 is 2.25 bits per heavy atom. The number of rotatable bonds is 1. The molecule has 1 saturated heterocycles. The first kappa shape index (κ1) is 11.6. The molecule has 0 bridgehead atoms. The van der Waals surface area contributed by atoms with E-state index < -0.39 is 0 Å². The predicted octanol–water partition coefficient (Wildman–Crippen LogP) is 2.61. The zero-order valence-corrected chi connectivity index (χ0v) is 10.6. The van der Waals surface area contributed by atoms with E-state index in [0.717, 1.165) is 13.2 Å². The van der Waals surface area contributed by atoms with E-state index in [9.17, 15) is 0 Å². The molecule has 16 heavy (non-hydrogen) atoms. The Labute approximate surface area is 98.0 Å². The van der Waals surface area contributed by atoms with E-state index in [1.165, 1.54) is 11.1 Å². The van der Waals surface area contributed by atoms with Gasteiger partial charge in [-0.3, -0.25) is 0 Å². The quantitative estimate of drug-likeness (QED) is 0.784. The molecule has 1 aromatic carbocycles. The van der Waals surface area contributed by atoms with Crippen LogP contribution in [0.25, 0.3) is 0 Å². The predicted molar refractivity (Wildman–Crippen MR) is 66.6 cm³/mol. The molecule has 1 N–H and O–H groups in total. The summed E-state index contributed by atoms with van der Waals surface area (Å²) >= 11 is 0. The van der Waals surface area contributed by atoms with E-state index in [2.05, 4.69) is 57.3 Å². The van der Waals surface area contributed by atoms with Crippen molar-refractivity contribution in [3.8, 4) is 0 Å². The van der Waals surface area contributed by atoms with Crippen LogP contribution in [-0.2, 0) is 10.3 Å². The number of morpholine rings is 1. The molecule has 0 spiro atoms. The summed E-state index contributed by atoms with van der Waals surface area (Å²) in [7, 11) is 0. The molecule has 2 heteroatoms. The van der Waals surface area contributed by atoms with Crippen LogP contribution in [0, 0.1) is 6.92 Å². The summed E-state index contributed by atoms with van der Waals surface area (Å²) in [5, 5.41) is 3.54. The van der Waals surface area contributed by atoms with Crippen LogP contribution in [-0.4, -0.2) is 18.7 Å². The van der Waals surface area contributed by atoms with Crippen molar-refractivity contribution in [2.24, 2.45) is 0 Å². The van der Waals surface area contributed by atoms with Gasteiger partial charge in [0.25, 0.3) is 0 Å². The van der Waals surface area contributed by atoms with Gasteiger partial charge in [0.1, 0.15) is 5.60 Å². The summed E-state index contributed by atoms with van der Waals surface area (Å²) in [6, 6.07) is 8.61. The molecule has 1 unspecified atom stereocenters. The largest absolute Gasteiger partial charge is 0.367 e. The highest BCUT2D eigenvalue weighted by Gasteiger charge is 2.36. The summed E-state index contributed by atoms with van der Waals surface area (Å²) in [5.41, 5.74) is 2.44. The molecule has 1 aliphatic heterocycles. The SMILES string of the molecule is Cc1ccc(C2(C)CNC(C)(C)CO2)cc1. The van der Waals surface area contributed by atoms with E-state index in [0.29, 0.717) is 0 Å². The maximum Gasteiger partial charge on any atom is 0.103 e.